The summed E-state index contributed by atoms with van der Waals surface area (Å²) in [6.45, 7) is 0.163. The molecule has 5 nitrogen and oxygen atoms in total. The van der Waals surface area contributed by atoms with Gasteiger partial charge in [0, 0.05) is 0 Å². The zero-order valence-corrected chi connectivity index (χ0v) is 14.4. The molecule has 25 heavy (non-hydrogen) atoms. The van der Waals surface area contributed by atoms with Crippen molar-refractivity contribution in [2.24, 2.45) is 0 Å². The molecule has 0 aliphatic heterocycles. The molecule has 0 fully saturated rings. The Morgan fingerprint density at radius 1 is 1.16 bits per heavy atom. The summed E-state index contributed by atoms with van der Waals surface area (Å²) in [5, 5.41) is 10.7. The number of carbonyl (C=O) groups is 1. The highest BCUT2D eigenvalue weighted by molar-refractivity contribution is 7.13. The van der Waals surface area contributed by atoms with Crippen LogP contribution >= 0.6 is 11.3 Å². The summed E-state index contributed by atoms with van der Waals surface area (Å²) in [6, 6.07) is 16.0. The molecule has 1 atom stereocenters. The van der Waals surface area contributed by atoms with E-state index in [0.717, 1.165) is 11.1 Å². The van der Waals surface area contributed by atoms with Gasteiger partial charge in [-0.2, -0.15) is 0 Å². The number of carbonyl (C=O) groups excluding carboxylic acids is 1. The van der Waals surface area contributed by atoms with Crippen LogP contribution < -0.4 is 5.32 Å². The van der Waals surface area contributed by atoms with Crippen LogP contribution in [0.5, 0.6) is 0 Å². The molecule has 1 amide bonds. The molecule has 2 aromatic carbocycles. The SMILES string of the molecule is CN(CC(=O)Nc1nncs1)C(c1ccccc1)c1ccc(F)cc1. The number of amides is 1. The molecular weight excluding hydrogens is 339 g/mol. The zero-order chi connectivity index (χ0) is 17.6. The van der Waals surface area contributed by atoms with E-state index in [2.05, 4.69) is 15.5 Å². The van der Waals surface area contributed by atoms with Gasteiger partial charge in [0.2, 0.25) is 11.0 Å². The van der Waals surface area contributed by atoms with E-state index >= 15 is 0 Å². The van der Waals surface area contributed by atoms with Crippen molar-refractivity contribution >= 4 is 22.4 Å². The quantitative estimate of drug-likeness (QED) is 0.736. The number of halogens is 1. The van der Waals surface area contributed by atoms with E-state index < -0.39 is 0 Å². The van der Waals surface area contributed by atoms with Crippen molar-refractivity contribution in [1.29, 1.82) is 0 Å². The van der Waals surface area contributed by atoms with Crippen LogP contribution in [-0.2, 0) is 4.79 Å². The van der Waals surface area contributed by atoms with Crippen LogP contribution in [0.3, 0.4) is 0 Å². The number of hydrogen-bond acceptors (Lipinski definition) is 5. The molecule has 0 aliphatic rings. The van der Waals surface area contributed by atoms with E-state index in [1.54, 1.807) is 17.6 Å². The predicted molar refractivity (Wildman–Crippen MR) is 95.9 cm³/mol. The van der Waals surface area contributed by atoms with E-state index in [1.807, 2.05) is 42.3 Å². The van der Waals surface area contributed by atoms with Crippen LogP contribution in [0, 0.1) is 5.82 Å². The van der Waals surface area contributed by atoms with Crippen molar-refractivity contribution in [1.82, 2.24) is 15.1 Å². The Morgan fingerprint density at radius 2 is 1.84 bits per heavy atom. The number of nitrogens with one attached hydrogen (secondary N) is 1. The lowest BCUT2D eigenvalue weighted by atomic mass is 9.97. The Morgan fingerprint density at radius 3 is 2.48 bits per heavy atom. The van der Waals surface area contributed by atoms with Crippen molar-refractivity contribution in [2.75, 3.05) is 18.9 Å². The van der Waals surface area contributed by atoms with Crippen LogP contribution in [0.25, 0.3) is 0 Å². The van der Waals surface area contributed by atoms with Gasteiger partial charge in [-0.25, -0.2) is 4.39 Å². The van der Waals surface area contributed by atoms with E-state index in [0.29, 0.717) is 5.13 Å². The number of nitrogens with zero attached hydrogens (tertiary/aromatic N) is 3. The maximum atomic E-state index is 13.3. The topological polar surface area (TPSA) is 58.1 Å². The van der Waals surface area contributed by atoms with Gasteiger partial charge in [-0.15, -0.1) is 10.2 Å². The second-order valence-electron chi connectivity index (χ2n) is 5.57. The van der Waals surface area contributed by atoms with E-state index in [9.17, 15) is 9.18 Å². The summed E-state index contributed by atoms with van der Waals surface area (Å²) in [4.78, 5) is 14.2. The van der Waals surface area contributed by atoms with Gasteiger partial charge >= 0.3 is 0 Å². The summed E-state index contributed by atoms with van der Waals surface area (Å²) in [5.41, 5.74) is 3.50. The standard InChI is InChI=1S/C18H17FN4OS/c1-23(11-16(24)21-18-22-20-12-25-18)17(13-5-3-2-4-6-13)14-7-9-15(19)10-8-14/h2-10,12,17H,11H2,1H3,(H,21,22,24). The summed E-state index contributed by atoms with van der Waals surface area (Å²) in [6.07, 6.45) is 0. The third-order valence-electron chi connectivity index (χ3n) is 3.74. The van der Waals surface area contributed by atoms with Crippen molar-refractivity contribution in [3.8, 4) is 0 Å². The summed E-state index contributed by atoms with van der Waals surface area (Å²) in [5.74, 6) is -0.463. The second-order valence-corrected chi connectivity index (χ2v) is 6.41. The number of likely N-dealkylation sites (N-methyl/N-ethyl adjacent to an activating group) is 1. The fourth-order valence-electron chi connectivity index (χ4n) is 2.69. The van der Waals surface area contributed by atoms with Gasteiger partial charge in [-0.05, 0) is 30.3 Å². The largest absolute Gasteiger partial charge is 0.299 e. The van der Waals surface area contributed by atoms with Crippen molar-refractivity contribution in [3.63, 3.8) is 0 Å². The highest BCUT2D eigenvalue weighted by Gasteiger charge is 2.21. The van der Waals surface area contributed by atoms with Crippen molar-refractivity contribution in [2.45, 2.75) is 6.04 Å². The molecule has 7 heteroatoms. The number of anilines is 1. The highest BCUT2D eigenvalue weighted by Crippen LogP contribution is 2.27. The Kier molecular flexibility index (Phi) is 5.47. The lowest BCUT2D eigenvalue weighted by molar-refractivity contribution is -0.117. The highest BCUT2D eigenvalue weighted by atomic mass is 32.1. The van der Waals surface area contributed by atoms with Gasteiger partial charge in [0.1, 0.15) is 11.3 Å². The fraction of sp³-hybridized carbons (Fsp3) is 0.167. The van der Waals surface area contributed by atoms with E-state index in [4.69, 9.17) is 0 Å². The molecule has 0 saturated carbocycles. The second kappa shape index (κ2) is 7.96. The molecule has 1 N–H and O–H groups in total. The molecule has 3 aromatic rings. The minimum atomic E-state index is -0.285. The van der Waals surface area contributed by atoms with Crippen LogP contribution in [0.1, 0.15) is 17.2 Å². The van der Waals surface area contributed by atoms with Gasteiger partial charge in [-0.1, -0.05) is 53.8 Å². The smallest absolute Gasteiger partial charge is 0.240 e. The molecule has 3 rings (SSSR count). The van der Waals surface area contributed by atoms with E-state index in [-0.39, 0.29) is 24.3 Å². The first-order chi connectivity index (χ1) is 12.1. The number of aromatic nitrogens is 2. The molecule has 0 aliphatic carbocycles. The maximum absolute atomic E-state index is 13.3. The fourth-order valence-corrected chi connectivity index (χ4v) is 3.15. The minimum Gasteiger partial charge on any atom is -0.299 e. The van der Waals surface area contributed by atoms with Crippen LogP contribution in [0.2, 0.25) is 0 Å². The van der Waals surface area contributed by atoms with Crippen molar-refractivity contribution in [3.05, 3.63) is 77.1 Å². The maximum Gasteiger partial charge on any atom is 0.240 e. The van der Waals surface area contributed by atoms with E-state index in [1.165, 1.54) is 23.5 Å². The van der Waals surface area contributed by atoms with Crippen molar-refractivity contribution < 1.29 is 9.18 Å². The number of hydrogen-bond donors (Lipinski definition) is 1. The molecule has 1 aromatic heterocycles. The first-order valence-electron chi connectivity index (χ1n) is 7.70. The Labute approximate surface area is 149 Å². The molecular formula is C18H17FN4OS. The predicted octanol–water partition coefficient (Wildman–Crippen LogP) is 3.34. The Bertz CT molecular complexity index is 809. The lowest BCUT2D eigenvalue weighted by Gasteiger charge is -2.28. The van der Waals surface area contributed by atoms with Gasteiger partial charge in [0.05, 0.1) is 12.6 Å². The van der Waals surface area contributed by atoms with Gasteiger partial charge in [0.15, 0.2) is 0 Å². The summed E-state index contributed by atoms with van der Waals surface area (Å²) >= 11 is 1.27. The molecule has 1 heterocycles. The van der Waals surface area contributed by atoms with Gasteiger partial charge < -0.3 is 0 Å². The first kappa shape index (κ1) is 17.2. The number of rotatable bonds is 6. The number of benzene rings is 2. The van der Waals surface area contributed by atoms with Crippen LogP contribution in [0.15, 0.2) is 60.1 Å². The summed E-state index contributed by atoms with van der Waals surface area (Å²) < 4.78 is 13.3. The molecule has 0 bridgehead atoms. The minimum absolute atomic E-state index is 0.163. The molecule has 0 saturated heterocycles. The molecule has 1 unspecified atom stereocenters. The van der Waals surface area contributed by atoms with Crippen LogP contribution in [-0.4, -0.2) is 34.6 Å². The third kappa shape index (κ3) is 4.46. The molecule has 128 valence electrons. The lowest BCUT2D eigenvalue weighted by Crippen LogP contribution is -2.34. The Hall–Kier alpha value is -2.64. The Balaban J connectivity index is 1.81. The van der Waals surface area contributed by atoms with Crippen LogP contribution in [0.4, 0.5) is 9.52 Å². The average molecular weight is 356 g/mol. The summed E-state index contributed by atoms with van der Waals surface area (Å²) in [7, 11) is 1.86. The van der Waals surface area contributed by atoms with Gasteiger partial charge in [-0.3, -0.25) is 15.0 Å². The molecule has 0 spiro atoms. The monoisotopic (exact) mass is 356 g/mol. The third-order valence-corrected chi connectivity index (χ3v) is 4.35. The molecule has 0 radical (unpaired) electrons. The zero-order valence-electron chi connectivity index (χ0n) is 13.6. The average Bonchev–Trinajstić information content (AvgIpc) is 3.10. The first-order valence-corrected chi connectivity index (χ1v) is 8.58. The van der Waals surface area contributed by atoms with Gasteiger partial charge in [0.25, 0.3) is 0 Å². The normalized spacial score (nSPS) is 12.1.